The Morgan fingerprint density at radius 3 is 3.25 bits per heavy atom. The Hall–Kier alpha value is -1.23. The van der Waals surface area contributed by atoms with Gasteiger partial charge in [0.1, 0.15) is 0 Å². The second-order valence-corrected chi connectivity index (χ2v) is 3.39. The molecule has 0 aliphatic heterocycles. The van der Waals surface area contributed by atoms with Crippen molar-refractivity contribution in [3.63, 3.8) is 0 Å². The molecule has 2 rings (SSSR count). The van der Waals surface area contributed by atoms with Crippen molar-refractivity contribution in [2.24, 2.45) is 0 Å². The average Bonchev–Trinajstić information content (AvgIpc) is 2.44. The molecule has 0 saturated carbocycles. The van der Waals surface area contributed by atoms with Gasteiger partial charge in [-0.05, 0) is 6.92 Å². The van der Waals surface area contributed by atoms with Crippen LogP contribution in [0.2, 0.25) is 0 Å². The van der Waals surface area contributed by atoms with Gasteiger partial charge in [0.25, 0.3) is 6.01 Å². The number of nitrogens with zero attached hydrogens (tertiary/aromatic N) is 1. The highest BCUT2D eigenvalue weighted by Crippen LogP contribution is 2.30. The van der Waals surface area contributed by atoms with E-state index < -0.39 is 0 Å². The normalized spacial score (nSPS) is 10.8. The molecule has 2 aromatic rings. The fourth-order valence-corrected chi connectivity index (χ4v) is 1.94. The molecular formula is C7H9N3OS. The predicted molar refractivity (Wildman–Crippen MR) is 50.5 cm³/mol. The van der Waals surface area contributed by atoms with Crippen LogP contribution in [0.15, 0.2) is 10.5 Å². The summed E-state index contributed by atoms with van der Waals surface area (Å²) in [6.07, 6.45) is 0. The SMILES string of the molecule is CCNc1cc2oc(N)nc2s1. The Bertz CT molecular complexity index is 361. The van der Waals surface area contributed by atoms with Gasteiger partial charge in [-0.15, -0.1) is 0 Å². The highest BCUT2D eigenvalue weighted by atomic mass is 32.1. The van der Waals surface area contributed by atoms with Crippen molar-refractivity contribution in [1.29, 1.82) is 0 Å². The third-order valence-corrected chi connectivity index (χ3v) is 2.42. The van der Waals surface area contributed by atoms with Crippen molar-refractivity contribution in [2.45, 2.75) is 6.92 Å². The molecule has 64 valence electrons. The van der Waals surface area contributed by atoms with Crippen LogP contribution in [0.5, 0.6) is 0 Å². The summed E-state index contributed by atoms with van der Waals surface area (Å²) in [5, 5.41) is 4.25. The number of nitrogens with one attached hydrogen (secondary N) is 1. The van der Waals surface area contributed by atoms with E-state index in [0.29, 0.717) is 0 Å². The van der Waals surface area contributed by atoms with Crippen molar-refractivity contribution in [1.82, 2.24) is 4.98 Å². The Morgan fingerprint density at radius 2 is 2.58 bits per heavy atom. The molecule has 0 aliphatic carbocycles. The van der Waals surface area contributed by atoms with Crippen LogP contribution in [0.4, 0.5) is 11.0 Å². The molecule has 0 amide bonds. The molecule has 0 atom stereocenters. The molecule has 0 radical (unpaired) electrons. The molecule has 0 aromatic carbocycles. The molecule has 0 fully saturated rings. The van der Waals surface area contributed by atoms with Gasteiger partial charge in [0.05, 0.1) is 5.00 Å². The standard InChI is InChI=1S/C7H9N3OS/c1-2-9-5-3-4-6(12-5)10-7(8)11-4/h3,9H,2H2,1H3,(H2,8,10). The number of aromatic nitrogens is 1. The zero-order chi connectivity index (χ0) is 8.55. The van der Waals surface area contributed by atoms with Gasteiger partial charge in [0, 0.05) is 12.6 Å². The molecule has 5 heteroatoms. The van der Waals surface area contributed by atoms with Crippen molar-refractivity contribution in [2.75, 3.05) is 17.6 Å². The first-order chi connectivity index (χ1) is 5.79. The summed E-state index contributed by atoms with van der Waals surface area (Å²) in [6, 6.07) is 2.15. The molecule has 4 nitrogen and oxygen atoms in total. The van der Waals surface area contributed by atoms with Gasteiger partial charge in [-0.2, -0.15) is 4.98 Å². The summed E-state index contributed by atoms with van der Waals surface area (Å²) in [4.78, 5) is 4.86. The fourth-order valence-electron chi connectivity index (χ4n) is 1.01. The minimum Gasteiger partial charge on any atom is -0.423 e. The molecule has 0 saturated heterocycles. The molecule has 12 heavy (non-hydrogen) atoms. The number of rotatable bonds is 2. The van der Waals surface area contributed by atoms with E-state index in [1.165, 1.54) is 0 Å². The highest BCUT2D eigenvalue weighted by molar-refractivity contribution is 7.22. The van der Waals surface area contributed by atoms with Crippen molar-refractivity contribution in [3.8, 4) is 0 Å². The zero-order valence-electron chi connectivity index (χ0n) is 6.63. The number of hydrogen-bond donors (Lipinski definition) is 2. The maximum Gasteiger partial charge on any atom is 0.293 e. The van der Waals surface area contributed by atoms with Gasteiger partial charge in [0.2, 0.25) is 0 Å². The second-order valence-electron chi connectivity index (χ2n) is 2.36. The van der Waals surface area contributed by atoms with Crippen LogP contribution in [0.1, 0.15) is 6.92 Å². The van der Waals surface area contributed by atoms with E-state index in [0.717, 1.165) is 22.0 Å². The van der Waals surface area contributed by atoms with Gasteiger partial charge in [-0.1, -0.05) is 11.3 Å². The largest absolute Gasteiger partial charge is 0.423 e. The van der Waals surface area contributed by atoms with Gasteiger partial charge >= 0.3 is 0 Å². The van der Waals surface area contributed by atoms with Gasteiger partial charge < -0.3 is 15.5 Å². The van der Waals surface area contributed by atoms with Crippen LogP contribution in [0.3, 0.4) is 0 Å². The summed E-state index contributed by atoms with van der Waals surface area (Å²) >= 11 is 1.55. The van der Waals surface area contributed by atoms with E-state index in [1.807, 2.05) is 13.0 Å². The van der Waals surface area contributed by atoms with Crippen LogP contribution in [0.25, 0.3) is 10.4 Å². The minimum atomic E-state index is 0.235. The lowest BCUT2D eigenvalue weighted by Gasteiger charge is -1.93. The van der Waals surface area contributed by atoms with E-state index >= 15 is 0 Å². The van der Waals surface area contributed by atoms with E-state index in [4.69, 9.17) is 10.2 Å². The lowest BCUT2D eigenvalue weighted by atomic mass is 10.5. The number of nitrogens with two attached hydrogens (primary N) is 1. The quantitative estimate of drug-likeness (QED) is 0.746. The molecule has 0 unspecified atom stereocenters. The summed E-state index contributed by atoms with van der Waals surface area (Å²) in [6.45, 7) is 2.95. The van der Waals surface area contributed by atoms with Crippen molar-refractivity contribution in [3.05, 3.63) is 6.07 Å². The highest BCUT2D eigenvalue weighted by Gasteiger charge is 2.06. The monoisotopic (exact) mass is 183 g/mol. The summed E-state index contributed by atoms with van der Waals surface area (Å²) in [5.41, 5.74) is 6.13. The van der Waals surface area contributed by atoms with Gasteiger partial charge in [-0.25, -0.2) is 0 Å². The van der Waals surface area contributed by atoms with Crippen LogP contribution >= 0.6 is 11.3 Å². The van der Waals surface area contributed by atoms with E-state index in [1.54, 1.807) is 11.3 Å². The molecular weight excluding hydrogens is 174 g/mol. The average molecular weight is 183 g/mol. The first-order valence-electron chi connectivity index (χ1n) is 3.69. The lowest BCUT2D eigenvalue weighted by Crippen LogP contribution is -1.92. The van der Waals surface area contributed by atoms with E-state index in [2.05, 4.69) is 10.3 Å². The van der Waals surface area contributed by atoms with E-state index in [9.17, 15) is 0 Å². The number of anilines is 2. The number of oxazole rings is 1. The summed E-state index contributed by atoms with van der Waals surface area (Å²) in [5.74, 6) is 0. The molecule has 2 aromatic heterocycles. The maximum absolute atomic E-state index is 5.37. The Kier molecular flexibility index (Phi) is 1.65. The first-order valence-corrected chi connectivity index (χ1v) is 4.51. The van der Waals surface area contributed by atoms with Crippen LogP contribution in [-0.4, -0.2) is 11.5 Å². The third kappa shape index (κ3) is 1.12. The molecule has 0 spiro atoms. The molecule has 3 N–H and O–H groups in total. The summed E-state index contributed by atoms with van der Waals surface area (Å²) in [7, 11) is 0. The van der Waals surface area contributed by atoms with Crippen LogP contribution in [0, 0.1) is 0 Å². The van der Waals surface area contributed by atoms with Gasteiger partial charge in [0.15, 0.2) is 10.4 Å². The Labute approximate surface area is 73.4 Å². The Morgan fingerprint density at radius 1 is 1.75 bits per heavy atom. The second kappa shape index (κ2) is 2.67. The number of fused-ring (bicyclic) bond motifs is 1. The number of nitrogen functional groups attached to an aromatic ring is 1. The van der Waals surface area contributed by atoms with Gasteiger partial charge in [-0.3, -0.25) is 0 Å². The number of thiophene rings is 1. The van der Waals surface area contributed by atoms with Crippen molar-refractivity contribution >= 4 is 32.8 Å². The third-order valence-electron chi connectivity index (χ3n) is 1.46. The topological polar surface area (TPSA) is 64.1 Å². The predicted octanol–water partition coefficient (Wildman–Crippen LogP) is 1.90. The lowest BCUT2D eigenvalue weighted by molar-refractivity contribution is 0.626. The first kappa shape index (κ1) is 7.42. The number of hydrogen-bond acceptors (Lipinski definition) is 5. The smallest absolute Gasteiger partial charge is 0.293 e. The molecule has 0 aliphatic rings. The van der Waals surface area contributed by atoms with Crippen LogP contribution < -0.4 is 11.1 Å². The molecule has 2 heterocycles. The Balaban J connectivity index is 2.43. The van der Waals surface area contributed by atoms with Crippen LogP contribution in [-0.2, 0) is 0 Å². The maximum atomic E-state index is 5.37. The molecule has 0 bridgehead atoms. The van der Waals surface area contributed by atoms with E-state index in [-0.39, 0.29) is 6.01 Å². The fraction of sp³-hybridized carbons (Fsp3) is 0.286. The zero-order valence-corrected chi connectivity index (χ0v) is 7.44. The summed E-state index contributed by atoms with van der Waals surface area (Å²) < 4.78 is 5.13. The minimum absolute atomic E-state index is 0.235. The van der Waals surface area contributed by atoms with Crippen molar-refractivity contribution < 1.29 is 4.42 Å².